The molecule has 2 aromatic carbocycles. The minimum absolute atomic E-state index is 0.0688. The minimum atomic E-state index is 0.0688. The molecule has 0 N–H and O–H groups in total. The molecule has 0 aliphatic carbocycles. The van der Waals surface area contributed by atoms with Gasteiger partial charge < -0.3 is 4.48 Å². The summed E-state index contributed by atoms with van der Waals surface area (Å²) >= 11 is 0. The van der Waals surface area contributed by atoms with Crippen molar-refractivity contribution >= 4 is 0 Å². The summed E-state index contributed by atoms with van der Waals surface area (Å²) in [5.74, 6) is 1.13. The molecule has 154 valence electrons. The Hall–Kier alpha value is -1.60. The normalized spacial score (nSPS) is 15.5. The van der Waals surface area contributed by atoms with Crippen molar-refractivity contribution in [1.29, 1.82) is 0 Å². The maximum atomic E-state index is 2.49. The lowest BCUT2D eigenvalue weighted by molar-refractivity contribution is -0.910. The summed E-state index contributed by atoms with van der Waals surface area (Å²) in [6.07, 6.45) is 1.22. The third kappa shape index (κ3) is 5.06. The first-order chi connectivity index (χ1) is 12.9. The van der Waals surface area contributed by atoms with Gasteiger partial charge in [-0.05, 0) is 23.3 Å². The zero-order valence-electron chi connectivity index (χ0n) is 19.7. The van der Waals surface area contributed by atoms with Gasteiger partial charge in [0.2, 0.25) is 0 Å². The lowest BCUT2D eigenvalue weighted by Gasteiger charge is -2.52. The van der Waals surface area contributed by atoms with Gasteiger partial charge in [-0.1, -0.05) is 102 Å². The first-order valence-electron chi connectivity index (χ1n) is 10.8. The number of rotatable bonds is 8. The third-order valence-electron chi connectivity index (χ3n) is 6.19. The van der Waals surface area contributed by atoms with Crippen molar-refractivity contribution < 1.29 is 4.48 Å². The van der Waals surface area contributed by atoms with Gasteiger partial charge in [0.1, 0.15) is 6.04 Å². The number of hydrogen-bond acceptors (Lipinski definition) is 0. The number of nitrogens with zero attached hydrogens (tertiary/aromatic N) is 1. The fourth-order valence-electron chi connectivity index (χ4n) is 6.37. The molecular weight excluding hydrogens is 338 g/mol. The fraction of sp³-hybridized carbons (Fsp3) is 0.556. The molecule has 28 heavy (non-hydrogen) atoms. The molecule has 0 fully saturated rings. The van der Waals surface area contributed by atoms with Crippen LogP contribution in [0, 0.1) is 16.7 Å². The third-order valence-corrected chi connectivity index (χ3v) is 6.19. The molecule has 0 spiro atoms. The highest BCUT2D eigenvalue weighted by Crippen LogP contribution is 2.57. The van der Waals surface area contributed by atoms with Gasteiger partial charge >= 0.3 is 0 Å². The van der Waals surface area contributed by atoms with Crippen LogP contribution in [-0.4, -0.2) is 25.6 Å². The maximum Gasteiger partial charge on any atom is 0.120 e. The smallest absolute Gasteiger partial charge is 0.120 e. The zero-order valence-corrected chi connectivity index (χ0v) is 19.7. The van der Waals surface area contributed by atoms with Crippen LogP contribution in [0.4, 0.5) is 0 Å². The van der Waals surface area contributed by atoms with E-state index in [0.29, 0.717) is 17.9 Å². The van der Waals surface area contributed by atoms with Crippen molar-refractivity contribution in [3.63, 3.8) is 0 Å². The van der Waals surface area contributed by atoms with Crippen molar-refractivity contribution in [2.75, 3.05) is 21.1 Å². The molecule has 1 heteroatoms. The van der Waals surface area contributed by atoms with Crippen molar-refractivity contribution in [3.8, 4) is 0 Å². The summed E-state index contributed by atoms with van der Waals surface area (Å²) in [7, 11) is 7.03. The molecule has 2 unspecified atom stereocenters. The van der Waals surface area contributed by atoms with E-state index in [9.17, 15) is 0 Å². The maximum absolute atomic E-state index is 2.49. The van der Waals surface area contributed by atoms with Crippen LogP contribution < -0.4 is 0 Å². The van der Waals surface area contributed by atoms with Crippen molar-refractivity contribution in [2.45, 2.75) is 59.9 Å². The minimum Gasteiger partial charge on any atom is -0.324 e. The Kier molecular flexibility index (Phi) is 6.82. The first kappa shape index (κ1) is 22.7. The Balaban J connectivity index is 2.67. The average molecular weight is 381 g/mol. The molecule has 0 bridgehead atoms. The standard InChI is InChI=1S/C27H42N/c1-21(2)20-26(3,4)24(22-16-12-10-13-17-22)27(5,6)25(28(7,8)9)23-18-14-11-15-19-23/h10-19,21,24-25H,20H2,1-9H3/q+1. The average Bonchev–Trinajstić information content (AvgIpc) is 2.53. The number of quaternary nitrogens is 1. The van der Waals surface area contributed by atoms with E-state index >= 15 is 0 Å². The molecule has 0 saturated heterocycles. The second kappa shape index (κ2) is 8.41. The molecule has 1 nitrogen and oxygen atoms in total. The van der Waals surface area contributed by atoms with Crippen LogP contribution in [0.15, 0.2) is 60.7 Å². The van der Waals surface area contributed by atoms with Gasteiger partial charge in [0.25, 0.3) is 0 Å². The molecule has 0 amide bonds. The molecule has 0 radical (unpaired) electrons. The van der Waals surface area contributed by atoms with Crippen molar-refractivity contribution in [2.24, 2.45) is 16.7 Å². The van der Waals surface area contributed by atoms with Crippen LogP contribution in [0.3, 0.4) is 0 Å². The Morgan fingerprint density at radius 3 is 1.54 bits per heavy atom. The van der Waals surface area contributed by atoms with E-state index in [1.165, 1.54) is 17.5 Å². The SMILES string of the molecule is CC(C)CC(C)(C)C(c1ccccc1)C(C)(C)C(c1ccccc1)[N+](C)(C)C. The molecular formula is C27H42N+. The van der Waals surface area contributed by atoms with Crippen LogP contribution >= 0.6 is 0 Å². The van der Waals surface area contributed by atoms with E-state index in [0.717, 1.165) is 4.48 Å². The summed E-state index contributed by atoms with van der Waals surface area (Å²) in [5.41, 5.74) is 3.16. The predicted octanol–water partition coefficient (Wildman–Crippen LogP) is 7.32. The Bertz CT molecular complexity index is 720. The zero-order chi connectivity index (χ0) is 21.2. The highest BCUT2D eigenvalue weighted by molar-refractivity contribution is 5.28. The number of hydrogen-bond donors (Lipinski definition) is 0. The summed E-state index contributed by atoms with van der Waals surface area (Å²) in [6.45, 7) is 14.6. The van der Waals surface area contributed by atoms with E-state index in [2.05, 4.69) is 123 Å². The van der Waals surface area contributed by atoms with E-state index in [4.69, 9.17) is 0 Å². The lowest BCUT2D eigenvalue weighted by atomic mass is 9.56. The summed E-state index contributed by atoms with van der Waals surface area (Å²) in [5, 5.41) is 0. The first-order valence-corrected chi connectivity index (χ1v) is 10.8. The quantitative estimate of drug-likeness (QED) is 0.421. The van der Waals surface area contributed by atoms with Gasteiger partial charge in [0.15, 0.2) is 0 Å². The number of benzene rings is 2. The molecule has 0 aliphatic heterocycles. The van der Waals surface area contributed by atoms with E-state index < -0.39 is 0 Å². The molecule has 2 rings (SSSR count). The second-order valence-corrected chi connectivity index (χ2v) is 11.2. The highest BCUT2D eigenvalue weighted by Gasteiger charge is 2.51. The predicted molar refractivity (Wildman–Crippen MR) is 123 cm³/mol. The molecule has 2 aromatic rings. The van der Waals surface area contributed by atoms with E-state index in [1.54, 1.807) is 0 Å². The largest absolute Gasteiger partial charge is 0.324 e. The lowest BCUT2D eigenvalue weighted by Crippen LogP contribution is -2.50. The summed E-state index contributed by atoms with van der Waals surface area (Å²) in [6, 6.07) is 22.7. The molecule has 0 saturated carbocycles. The van der Waals surface area contributed by atoms with Crippen LogP contribution in [0.25, 0.3) is 0 Å². The molecule has 0 aromatic heterocycles. The molecule has 0 aliphatic rings. The van der Waals surface area contributed by atoms with Gasteiger partial charge in [-0.3, -0.25) is 0 Å². The van der Waals surface area contributed by atoms with E-state index in [1.807, 2.05) is 0 Å². The second-order valence-electron chi connectivity index (χ2n) is 11.2. The summed E-state index contributed by atoms with van der Waals surface area (Å²) < 4.78 is 0.915. The van der Waals surface area contributed by atoms with Gasteiger partial charge in [0.05, 0.1) is 21.1 Å². The fourth-order valence-corrected chi connectivity index (χ4v) is 6.37. The van der Waals surface area contributed by atoms with Crippen LogP contribution in [0.1, 0.15) is 71.0 Å². The Morgan fingerprint density at radius 2 is 1.14 bits per heavy atom. The van der Waals surface area contributed by atoms with Crippen LogP contribution in [0.2, 0.25) is 0 Å². The van der Waals surface area contributed by atoms with Crippen LogP contribution in [0.5, 0.6) is 0 Å². The van der Waals surface area contributed by atoms with Crippen molar-refractivity contribution in [1.82, 2.24) is 0 Å². The Labute approximate surface area is 174 Å². The van der Waals surface area contributed by atoms with Gasteiger partial charge in [-0.15, -0.1) is 0 Å². The van der Waals surface area contributed by atoms with Gasteiger partial charge in [-0.25, -0.2) is 0 Å². The van der Waals surface area contributed by atoms with Gasteiger partial charge in [-0.2, -0.15) is 0 Å². The van der Waals surface area contributed by atoms with E-state index in [-0.39, 0.29) is 10.8 Å². The van der Waals surface area contributed by atoms with Crippen LogP contribution in [-0.2, 0) is 0 Å². The summed E-state index contributed by atoms with van der Waals surface area (Å²) in [4.78, 5) is 0. The molecule has 2 atom stereocenters. The van der Waals surface area contributed by atoms with Crippen molar-refractivity contribution in [3.05, 3.63) is 71.8 Å². The topological polar surface area (TPSA) is 0 Å². The monoisotopic (exact) mass is 380 g/mol. The Morgan fingerprint density at radius 1 is 0.714 bits per heavy atom. The van der Waals surface area contributed by atoms with Gasteiger partial charge in [0, 0.05) is 16.9 Å². The molecule has 0 heterocycles. The highest BCUT2D eigenvalue weighted by atomic mass is 15.3.